The lowest BCUT2D eigenvalue weighted by molar-refractivity contribution is 0.0708. The van der Waals surface area contributed by atoms with Gasteiger partial charge in [-0.3, -0.25) is 14.7 Å². The Morgan fingerprint density at radius 1 is 1.41 bits per heavy atom. The summed E-state index contributed by atoms with van der Waals surface area (Å²) in [6.07, 6.45) is 3.34. The third-order valence-electron chi connectivity index (χ3n) is 5.09. The van der Waals surface area contributed by atoms with E-state index in [0.717, 1.165) is 24.2 Å². The SMILES string of the molecule is COCCNC(=O)c1cn[nH]c1[C@H]1CCCN(C(=O)c2scnc2C(C)(C)C)C1. The molecule has 0 radical (unpaired) electrons. The fourth-order valence-electron chi connectivity index (χ4n) is 3.62. The third-order valence-corrected chi connectivity index (χ3v) is 5.91. The number of likely N-dealkylation sites (tertiary alicyclic amines) is 1. The minimum atomic E-state index is -0.184. The molecule has 8 nitrogen and oxygen atoms in total. The molecule has 0 aliphatic carbocycles. The van der Waals surface area contributed by atoms with E-state index < -0.39 is 0 Å². The van der Waals surface area contributed by atoms with Gasteiger partial charge in [-0.15, -0.1) is 11.3 Å². The maximum Gasteiger partial charge on any atom is 0.265 e. The number of aromatic nitrogens is 3. The first-order valence-electron chi connectivity index (χ1n) is 9.86. The minimum Gasteiger partial charge on any atom is -0.383 e. The fourth-order valence-corrected chi connectivity index (χ4v) is 4.59. The fraction of sp³-hybridized carbons (Fsp3) is 0.600. The van der Waals surface area contributed by atoms with Crippen molar-refractivity contribution >= 4 is 23.2 Å². The number of methoxy groups -OCH3 is 1. The maximum atomic E-state index is 13.2. The molecule has 0 saturated carbocycles. The van der Waals surface area contributed by atoms with Crippen LogP contribution < -0.4 is 5.32 Å². The van der Waals surface area contributed by atoms with Crippen LogP contribution in [0.25, 0.3) is 0 Å². The second-order valence-electron chi connectivity index (χ2n) is 8.32. The molecule has 2 N–H and O–H groups in total. The van der Waals surface area contributed by atoms with Gasteiger partial charge in [0.25, 0.3) is 11.8 Å². The van der Waals surface area contributed by atoms with Gasteiger partial charge in [-0.1, -0.05) is 20.8 Å². The van der Waals surface area contributed by atoms with E-state index in [-0.39, 0.29) is 23.1 Å². The van der Waals surface area contributed by atoms with Crippen molar-refractivity contribution in [2.24, 2.45) is 0 Å². The zero-order valence-corrected chi connectivity index (χ0v) is 18.3. The Bertz CT molecular complexity index is 854. The van der Waals surface area contributed by atoms with Crippen LogP contribution in [-0.4, -0.2) is 65.2 Å². The van der Waals surface area contributed by atoms with Gasteiger partial charge in [-0.05, 0) is 12.8 Å². The summed E-state index contributed by atoms with van der Waals surface area (Å²) in [5.41, 5.74) is 3.73. The van der Waals surface area contributed by atoms with Crippen LogP contribution in [0.3, 0.4) is 0 Å². The number of piperidine rings is 1. The first kappa shape index (κ1) is 21.4. The van der Waals surface area contributed by atoms with Crippen LogP contribution in [0.15, 0.2) is 11.7 Å². The molecule has 2 amide bonds. The number of amides is 2. The Morgan fingerprint density at radius 2 is 2.21 bits per heavy atom. The van der Waals surface area contributed by atoms with Crippen LogP contribution in [0, 0.1) is 0 Å². The van der Waals surface area contributed by atoms with Gasteiger partial charge in [0.15, 0.2) is 0 Å². The molecule has 1 aliphatic heterocycles. The molecule has 1 fully saturated rings. The van der Waals surface area contributed by atoms with Crippen molar-refractivity contribution < 1.29 is 14.3 Å². The van der Waals surface area contributed by atoms with Crippen molar-refractivity contribution in [1.29, 1.82) is 0 Å². The highest BCUT2D eigenvalue weighted by Gasteiger charge is 2.32. The van der Waals surface area contributed by atoms with Gasteiger partial charge >= 0.3 is 0 Å². The van der Waals surface area contributed by atoms with E-state index in [1.165, 1.54) is 11.3 Å². The highest BCUT2D eigenvalue weighted by atomic mass is 32.1. The number of carbonyl (C=O) groups is 2. The summed E-state index contributed by atoms with van der Waals surface area (Å²) in [6.45, 7) is 8.36. The molecule has 158 valence electrons. The Balaban J connectivity index is 1.74. The van der Waals surface area contributed by atoms with E-state index in [0.29, 0.717) is 36.7 Å². The summed E-state index contributed by atoms with van der Waals surface area (Å²) in [5.74, 6) is -0.108. The number of H-pyrrole nitrogens is 1. The van der Waals surface area contributed by atoms with E-state index in [4.69, 9.17) is 4.74 Å². The van der Waals surface area contributed by atoms with Crippen molar-refractivity contribution in [2.75, 3.05) is 33.4 Å². The van der Waals surface area contributed by atoms with Crippen LogP contribution in [0.4, 0.5) is 0 Å². The van der Waals surface area contributed by atoms with Crippen molar-refractivity contribution in [2.45, 2.75) is 44.9 Å². The quantitative estimate of drug-likeness (QED) is 0.701. The summed E-state index contributed by atoms with van der Waals surface area (Å²) in [5, 5.41) is 9.91. The number of nitrogens with one attached hydrogen (secondary N) is 2. The van der Waals surface area contributed by atoms with E-state index in [1.54, 1.807) is 18.8 Å². The number of nitrogens with zero attached hydrogens (tertiary/aromatic N) is 3. The molecule has 0 unspecified atom stereocenters. The van der Waals surface area contributed by atoms with E-state index in [9.17, 15) is 9.59 Å². The molecule has 0 aromatic carbocycles. The zero-order chi connectivity index (χ0) is 21.0. The summed E-state index contributed by atoms with van der Waals surface area (Å²) in [4.78, 5) is 32.7. The Kier molecular flexibility index (Phi) is 6.69. The predicted octanol–water partition coefficient (Wildman–Crippen LogP) is 2.56. The summed E-state index contributed by atoms with van der Waals surface area (Å²) in [7, 11) is 1.59. The standard InChI is InChI=1S/C20H29N5O3S/c1-20(2,3)17-16(29-12-22-17)19(27)25-8-5-6-13(11-25)15-14(10-23-24-15)18(26)21-7-9-28-4/h10,12-13H,5-9,11H2,1-4H3,(H,21,26)(H,23,24)/t13-/m0/s1. The number of carbonyl (C=O) groups excluding carboxylic acids is 2. The van der Waals surface area contributed by atoms with Gasteiger partial charge < -0.3 is 15.0 Å². The van der Waals surface area contributed by atoms with Crippen LogP contribution in [0.1, 0.15) is 70.9 Å². The van der Waals surface area contributed by atoms with E-state index >= 15 is 0 Å². The van der Waals surface area contributed by atoms with Gasteiger partial charge in [-0.25, -0.2) is 4.98 Å². The molecule has 1 aliphatic rings. The molecule has 1 saturated heterocycles. The van der Waals surface area contributed by atoms with E-state index in [1.807, 2.05) is 4.90 Å². The van der Waals surface area contributed by atoms with Crippen LogP contribution in [0.5, 0.6) is 0 Å². The Hall–Kier alpha value is -2.26. The molecule has 0 bridgehead atoms. The number of hydrogen-bond acceptors (Lipinski definition) is 6. The zero-order valence-electron chi connectivity index (χ0n) is 17.4. The second-order valence-corrected chi connectivity index (χ2v) is 9.17. The molecule has 29 heavy (non-hydrogen) atoms. The highest BCUT2D eigenvalue weighted by Crippen LogP contribution is 2.32. The normalized spacial score (nSPS) is 17.4. The summed E-state index contributed by atoms with van der Waals surface area (Å²) >= 11 is 1.40. The number of rotatable bonds is 6. The smallest absolute Gasteiger partial charge is 0.265 e. The average Bonchev–Trinajstić information content (AvgIpc) is 3.37. The van der Waals surface area contributed by atoms with Gasteiger partial charge in [0.1, 0.15) is 4.88 Å². The number of aromatic amines is 1. The van der Waals surface area contributed by atoms with Crippen LogP contribution in [-0.2, 0) is 10.2 Å². The van der Waals surface area contributed by atoms with Crippen LogP contribution >= 0.6 is 11.3 Å². The topological polar surface area (TPSA) is 100 Å². The van der Waals surface area contributed by atoms with Crippen LogP contribution in [0.2, 0.25) is 0 Å². The van der Waals surface area contributed by atoms with Crippen molar-refractivity contribution in [3.8, 4) is 0 Å². The molecule has 0 spiro atoms. The molecule has 2 aromatic rings. The third kappa shape index (κ3) is 4.84. The minimum absolute atomic E-state index is 0.0211. The second kappa shape index (κ2) is 9.04. The Labute approximate surface area is 175 Å². The molecule has 3 rings (SSSR count). The number of thiazole rings is 1. The predicted molar refractivity (Wildman–Crippen MR) is 111 cm³/mol. The molecular formula is C20H29N5O3S. The largest absolute Gasteiger partial charge is 0.383 e. The molecular weight excluding hydrogens is 390 g/mol. The van der Waals surface area contributed by atoms with E-state index in [2.05, 4.69) is 41.3 Å². The van der Waals surface area contributed by atoms with Gasteiger partial charge in [0.05, 0.1) is 35.3 Å². The number of hydrogen-bond donors (Lipinski definition) is 2. The van der Waals surface area contributed by atoms with Crippen molar-refractivity contribution in [1.82, 2.24) is 25.4 Å². The Morgan fingerprint density at radius 3 is 2.93 bits per heavy atom. The molecule has 9 heteroatoms. The average molecular weight is 420 g/mol. The molecule has 1 atom stereocenters. The lowest BCUT2D eigenvalue weighted by atomic mass is 9.90. The summed E-state index contributed by atoms with van der Waals surface area (Å²) in [6, 6.07) is 0. The van der Waals surface area contributed by atoms with Gasteiger partial charge in [0, 0.05) is 38.1 Å². The van der Waals surface area contributed by atoms with Crippen molar-refractivity contribution in [3.63, 3.8) is 0 Å². The lowest BCUT2D eigenvalue weighted by Crippen LogP contribution is -2.40. The first-order valence-corrected chi connectivity index (χ1v) is 10.7. The summed E-state index contributed by atoms with van der Waals surface area (Å²) < 4.78 is 4.98. The van der Waals surface area contributed by atoms with Gasteiger partial charge in [0.2, 0.25) is 0 Å². The first-order chi connectivity index (χ1) is 13.8. The number of ether oxygens (including phenoxy) is 1. The monoisotopic (exact) mass is 419 g/mol. The van der Waals surface area contributed by atoms with Gasteiger partial charge in [-0.2, -0.15) is 5.10 Å². The highest BCUT2D eigenvalue weighted by molar-refractivity contribution is 7.11. The van der Waals surface area contributed by atoms with Crippen molar-refractivity contribution in [3.05, 3.63) is 33.5 Å². The molecule has 3 heterocycles. The molecule has 2 aromatic heterocycles. The lowest BCUT2D eigenvalue weighted by Gasteiger charge is -2.33. The maximum absolute atomic E-state index is 13.2.